The van der Waals surface area contributed by atoms with Crippen LogP contribution in [0.3, 0.4) is 0 Å². The van der Waals surface area contributed by atoms with E-state index in [1.807, 2.05) is 54.7 Å². The molecule has 0 atom stereocenters. The Morgan fingerprint density at radius 3 is 2.70 bits per heavy atom. The average molecular weight is 360 g/mol. The lowest BCUT2D eigenvalue weighted by Crippen LogP contribution is -2.32. The van der Waals surface area contributed by atoms with Gasteiger partial charge in [-0.25, -0.2) is 4.98 Å². The van der Waals surface area contributed by atoms with E-state index in [2.05, 4.69) is 20.5 Å². The first-order valence-corrected chi connectivity index (χ1v) is 8.38. The van der Waals surface area contributed by atoms with Gasteiger partial charge >= 0.3 is 0 Å². The van der Waals surface area contributed by atoms with Gasteiger partial charge in [0.1, 0.15) is 6.54 Å². The van der Waals surface area contributed by atoms with Gasteiger partial charge in [-0.1, -0.05) is 36.4 Å². The van der Waals surface area contributed by atoms with Gasteiger partial charge in [0.15, 0.2) is 11.5 Å². The van der Waals surface area contributed by atoms with E-state index < -0.39 is 0 Å². The van der Waals surface area contributed by atoms with Gasteiger partial charge in [-0.05, 0) is 12.1 Å². The highest BCUT2D eigenvalue weighted by Crippen LogP contribution is 2.14. The van der Waals surface area contributed by atoms with Crippen molar-refractivity contribution < 1.29 is 4.79 Å². The summed E-state index contributed by atoms with van der Waals surface area (Å²) in [7, 11) is 0. The zero-order valence-electron chi connectivity index (χ0n) is 14.3. The largest absolute Gasteiger partial charge is 0.347 e. The van der Waals surface area contributed by atoms with Crippen LogP contribution >= 0.6 is 0 Å². The molecule has 0 aliphatic carbocycles. The Bertz CT molecular complexity index is 1150. The summed E-state index contributed by atoms with van der Waals surface area (Å²) in [4.78, 5) is 28.5. The van der Waals surface area contributed by atoms with Crippen molar-refractivity contribution in [3.63, 3.8) is 0 Å². The minimum Gasteiger partial charge on any atom is -0.347 e. The Morgan fingerprint density at radius 1 is 1.04 bits per heavy atom. The predicted octanol–water partition coefficient (Wildman–Crippen LogP) is 1.27. The van der Waals surface area contributed by atoms with E-state index in [1.165, 1.54) is 10.8 Å². The summed E-state index contributed by atoms with van der Waals surface area (Å²) in [5.41, 5.74) is 1.88. The summed E-state index contributed by atoms with van der Waals surface area (Å²) < 4.78 is 3.14. The molecule has 134 valence electrons. The van der Waals surface area contributed by atoms with Gasteiger partial charge in [0.25, 0.3) is 5.56 Å². The summed E-state index contributed by atoms with van der Waals surface area (Å²) in [5, 5.41) is 10.9. The molecule has 0 radical (unpaired) electrons. The predicted molar refractivity (Wildman–Crippen MR) is 98.8 cm³/mol. The normalized spacial score (nSPS) is 10.8. The number of aromatic nitrogens is 5. The molecule has 4 aromatic rings. The Morgan fingerprint density at radius 2 is 1.85 bits per heavy atom. The van der Waals surface area contributed by atoms with Crippen molar-refractivity contribution >= 4 is 11.6 Å². The van der Waals surface area contributed by atoms with Gasteiger partial charge in [0.05, 0.1) is 18.4 Å². The molecule has 0 bridgehead atoms. The number of pyridine rings is 1. The van der Waals surface area contributed by atoms with Crippen LogP contribution in [0.25, 0.3) is 16.9 Å². The van der Waals surface area contributed by atoms with Crippen LogP contribution in [0.2, 0.25) is 0 Å². The van der Waals surface area contributed by atoms with Crippen molar-refractivity contribution in [3.8, 4) is 11.3 Å². The number of rotatable bonds is 5. The van der Waals surface area contributed by atoms with Gasteiger partial charge in [0, 0.05) is 18.0 Å². The van der Waals surface area contributed by atoms with E-state index in [0.717, 1.165) is 5.56 Å². The Labute approximate surface area is 154 Å². The molecule has 0 spiro atoms. The van der Waals surface area contributed by atoms with E-state index >= 15 is 0 Å². The maximum atomic E-state index is 12.3. The molecule has 1 amide bonds. The summed E-state index contributed by atoms with van der Waals surface area (Å²) in [6, 6.07) is 15.0. The number of carbonyl (C=O) groups is 1. The van der Waals surface area contributed by atoms with Crippen LogP contribution in [0.15, 0.2) is 71.9 Å². The summed E-state index contributed by atoms with van der Waals surface area (Å²) in [6.07, 6.45) is 4.64. The molecule has 4 rings (SSSR count). The van der Waals surface area contributed by atoms with Crippen LogP contribution in [0.1, 0.15) is 5.82 Å². The zero-order chi connectivity index (χ0) is 18.6. The number of nitrogens with zero attached hydrogens (tertiary/aromatic N) is 5. The fourth-order valence-electron chi connectivity index (χ4n) is 2.72. The second-order valence-corrected chi connectivity index (χ2v) is 5.93. The minimum atomic E-state index is -0.335. The number of amides is 1. The smallest absolute Gasteiger partial charge is 0.269 e. The van der Waals surface area contributed by atoms with Gasteiger partial charge in [-0.2, -0.15) is 0 Å². The first-order chi connectivity index (χ1) is 13.2. The quantitative estimate of drug-likeness (QED) is 0.578. The molecule has 0 unspecified atom stereocenters. The van der Waals surface area contributed by atoms with E-state index in [4.69, 9.17) is 0 Å². The van der Waals surface area contributed by atoms with Crippen molar-refractivity contribution in [2.75, 3.05) is 0 Å². The zero-order valence-corrected chi connectivity index (χ0v) is 14.3. The number of benzene rings is 1. The SMILES string of the molecule is O=C(Cn1cc(-c2ccccc2)ncc1=O)NCc1nnc2ccccn12. The van der Waals surface area contributed by atoms with Crippen molar-refractivity contribution in [2.24, 2.45) is 0 Å². The summed E-state index contributed by atoms with van der Waals surface area (Å²) >= 11 is 0. The fourth-order valence-corrected chi connectivity index (χ4v) is 2.72. The van der Waals surface area contributed by atoms with Crippen molar-refractivity contribution in [3.05, 3.63) is 83.3 Å². The molecule has 0 saturated carbocycles. The molecule has 27 heavy (non-hydrogen) atoms. The topological polar surface area (TPSA) is 94.2 Å². The molecule has 3 aromatic heterocycles. The average Bonchev–Trinajstić information content (AvgIpc) is 3.12. The van der Waals surface area contributed by atoms with Gasteiger partial charge in [-0.15, -0.1) is 10.2 Å². The van der Waals surface area contributed by atoms with Gasteiger partial charge in [-0.3, -0.25) is 14.0 Å². The van der Waals surface area contributed by atoms with E-state index in [9.17, 15) is 9.59 Å². The van der Waals surface area contributed by atoms with Crippen LogP contribution < -0.4 is 10.9 Å². The number of nitrogens with one attached hydrogen (secondary N) is 1. The van der Waals surface area contributed by atoms with Crippen LogP contribution in [0, 0.1) is 0 Å². The highest BCUT2D eigenvalue weighted by Gasteiger charge is 2.09. The second kappa shape index (κ2) is 7.20. The lowest BCUT2D eigenvalue weighted by atomic mass is 10.2. The maximum Gasteiger partial charge on any atom is 0.269 e. The molecule has 0 aliphatic rings. The Hall–Kier alpha value is -3.81. The van der Waals surface area contributed by atoms with E-state index in [-0.39, 0.29) is 24.6 Å². The molecule has 1 aromatic carbocycles. The number of hydrogen-bond acceptors (Lipinski definition) is 5. The third-order valence-corrected chi connectivity index (χ3v) is 4.09. The van der Waals surface area contributed by atoms with Crippen molar-refractivity contribution in [1.82, 2.24) is 29.5 Å². The highest BCUT2D eigenvalue weighted by atomic mass is 16.2. The minimum absolute atomic E-state index is 0.0993. The molecule has 3 heterocycles. The molecule has 0 saturated heterocycles. The van der Waals surface area contributed by atoms with Crippen molar-refractivity contribution in [1.29, 1.82) is 0 Å². The van der Waals surface area contributed by atoms with Crippen LogP contribution in [-0.4, -0.2) is 30.1 Å². The van der Waals surface area contributed by atoms with Crippen LogP contribution in [-0.2, 0) is 17.9 Å². The van der Waals surface area contributed by atoms with E-state index in [0.29, 0.717) is 17.2 Å². The lowest BCUT2D eigenvalue weighted by Gasteiger charge is -2.08. The lowest BCUT2D eigenvalue weighted by molar-refractivity contribution is -0.121. The highest BCUT2D eigenvalue weighted by molar-refractivity contribution is 5.75. The third-order valence-electron chi connectivity index (χ3n) is 4.09. The number of carbonyl (C=O) groups excluding carboxylic acids is 1. The molecule has 1 N–H and O–H groups in total. The fraction of sp³-hybridized carbons (Fsp3) is 0.105. The monoisotopic (exact) mass is 360 g/mol. The maximum absolute atomic E-state index is 12.3. The summed E-state index contributed by atoms with van der Waals surface area (Å²) in [6.45, 7) is 0.118. The molecule has 0 fully saturated rings. The molecule has 0 aliphatic heterocycles. The first-order valence-electron chi connectivity index (χ1n) is 8.38. The molecular weight excluding hydrogens is 344 g/mol. The molecular formula is C19H16N6O2. The third kappa shape index (κ3) is 3.59. The van der Waals surface area contributed by atoms with Crippen LogP contribution in [0.4, 0.5) is 0 Å². The number of hydrogen-bond donors (Lipinski definition) is 1. The summed E-state index contributed by atoms with van der Waals surface area (Å²) in [5.74, 6) is 0.320. The van der Waals surface area contributed by atoms with Gasteiger partial charge in [0.2, 0.25) is 5.91 Å². The number of fused-ring (bicyclic) bond motifs is 1. The Kier molecular flexibility index (Phi) is 4.44. The van der Waals surface area contributed by atoms with E-state index in [1.54, 1.807) is 10.6 Å². The Balaban J connectivity index is 1.47. The van der Waals surface area contributed by atoms with Gasteiger partial charge < -0.3 is 9.88 Å². The molecule has 8 heteroatoms. The van der Waals surface area contributed by atoms with Crippen LogP contribution in [0.5, 0.6) is 0 Å². The first kappa shape index (κ1) is 16.6. The van der Waals surface area contributed by atoms with Crippen molar-refractivity contribution in [2.45, 2.75) is 13.1 Å². The molecule has 8 nitrogen and oxygen atoms in total. The standard InChI is InChI=1S/C19H16N6O2/c26-18(21-10-17-23-22-16-8-4-5-9-25(16)17)13-24-12-15(20-11-19(24)27)14-6-2-1-3-7-14/h1-9,11-12H,10,13H2,(H,21,26). The second-order valence-electron chi connectivity index (χ2n) is 5.93.